The summed E-state index contributed by atoms with van der Waals surface area (Å²) >= 11 is 0. The van der Waals surface area contributed by atoms with Crippen LogP contribution in [0.2, 0.25) is 0 Å². The lowest BCUT2D eigenvalue weighted by atomic mass is 9.91. The lowest BCUT2D eigenvalue weighted by molar-refractivity contribution is 0.676. The monoisotopic (exact) mass is 178 g/mol. The molecule has 0 heteroatoms. The first-order chi connectivity index (χ1) is 6.29. The van der Waals surface area contributed by atoms with E-state index in [0.717, 1.165) is 0 Å². The van der Waals surface area contributed by atoms with Gasteiger partial charge in [-0.1, -0.05) is 25.0 Å². The van der Waals surface area contributed by atoms with Crippen LogP contribution in [0, 0.1) is 0 Å². The Bertz CT molecular complexity index is 241. The molecule has 0 atom stereocenters. The van der Waals surface area contributed by atoms with E-state index in [1.54, 1.807) is 22.3 Å². The molecule has 0 fully saturated rings. The summed E-state index contributed by atoms with van der Waals surface area (Å²) in [6.07, 6.45) is 6.88. The van der Waals surface area contributed by atoms with Crippen molar-refractivity contribution in [3.05, 3.63) is 22.3 Å². The Labute approximate surface area is 82.7 Å². The molecule has 74 valence electrons. The van der Waals surface area contributed by atoms with Gasteiger partial charge < -0.3 is 0 Å². The summed E-state index contributed by atoms with van der Waals surface area (Å²) in [5, 5.41) is 0. The van der Waals surface area contributed by atoms with E-state index in [4.69, 9.17) is 0 Å². The highest BCUT2D eigenvalue weighted by Crippen LogP contribution is 2.40. The highest BCUT2D eigenvalue weighted by molar-refractivity contribution is 5.46. The molecule has 0 saturated heterocycles. The maximum absolute atomic E-state index is 2.29. The molecule has 0 amide bonds. The molecular weight excluding hydrogens is 156 g/mol. The van der Waals surface area contributed by atoms with E-state index in [-0.39, 0.29) is 0 Å². The van der Waals surface area contributed by atoms with E-state index in [0.29, 0.717) is 0 Å². The first-order valence-corrected chi connectivity index (χ1v) is 5.66. The van der Waals surface area contributed by atoms with Crippen molar-refractivity contribution in [3.8, 4) is 0 Å². The van der Waals surface area contributed by atoms with Crippen LogP contribution in [-0.4, -0.2) is 0 Å². The maximum atomic E-state index is 2.29. The number of hydrogen-bond donors (Lipinski definition) is 0. The third kappa shape index (κ3) is 2.04. The molecular formula is C13H22. The molecule has 0 bridgehead atoms. The fourth-order valence-corrected chi connectivity index (χ4v) is 2.33. The van der Waals surface area contributed by atoms with Crippen LogP contribution in [0.15, 0.2) is 22.3 Å². The average Bonchev–Trinajstić information content (AvgIpc) is 2.47. The van der Waals surface area contributed by atoms with Gasteiger partial charge in [0.25, 0.3) is 0 Å². The molecule has 0 radical (unpaired) electrons. The second-order valence-electron chi connectivity index (χ2n) is 3.87. The van der Waals surface area contributed by atoms with Crippen molar-refractivity contribution in [1.82, 2.24) is 0 Å². The largest absolute Gasteiger partial charge is 0.0683 e. The van der Waals surface area contributed by atoms with Crippen LogP contribution < -0.4 is 0 Å². The minimum atomic E-state index is 1.29. The second kappa shape index (κ2) is 4.64. The predicted molar refractivity (Wildman–Crippen MR) is 59.8 cm³/mol. The van der Waals surface area contributed by atoms with Gasteiger partial charge in [0.05, 0.1) is 0 Å². The Kier molecular flexibility index (Phi) is 3.77. The van der Waals surface area contributed by atoms with Crippen LogP contribution in [0.3, 0.4) is 0 Å². The summed E-state index contributed by atoms with van der Waals surface area (Å²) in [5.41, 5.74) is 6.71. The van der Waals surface area contributed by atoms with Crippen LogP contribution in [0.5, 0.6) is 0 Å². The van der Waals surface area contributed by atoms with Gasteiger partial charge in [0, 0.05) is 0 Å². The molecule has 2 rings (SSSR count). The van der Waals surface area contributed by atoms with Gasteiger partial charge in [0.1, 0.15) is 0 Å². The molecule has 0 N–H and O–H groups in total. The normalized spacial score (nSPS) is 21.2. The van der Waals surface area contributed by atoms with Gasteiger partial charge in [-0.05, 0) is 57.1 Å². The van der Waals surface area contributed by atoms with Gasteiger partial charge in [0.2, 0.25) is 0 Å². The minimum Gasteiger partial charge on any atom is -0.0683 e. The van der Waals surface area contributed by atoms with Gasteiger partial charge in [-0.15, -0.1) is 0 Å². The zero-order valence-corrected chi connectivity index (χ0v) is 9.54. The van der Waals surface area contributed by atoms with Gasteiger partial charge in [-0.25, -0.2) is 0 Å². The van der Waals surface area contributed by atoms with Crippen LogP contribution in [-0.2, 0) is 0 Å². The van der Waals surface area contributed by atoms with E-state index in [2.05, 4.69) is 13.8 Å². The van der Waals surface area contributed by atoms with E-state index < -0.39 is 0 Å². The zero-order chi connectivity index (χ0) is 9.84. The van der Waals surface area contributed by atoms with Crippen LogP contribution >= 0.6 is 0 Å². The van der Waals surface area contributed by atoms with Crippen LogP contribution in [0.1, 0.15) is 59.8 Å². The van der Waals surface area contributed by atoms with Gasteiger partial charge >= 0.3 is 0 Å². The molecule has 0 nitrogen and oxygen atoms in total. The molecule has 0 unspecified atom stereocenters. The van der Waals surface area contributed by atoms with E-state index in [9.17, 15) is 0 Å². The topological polar surface area (TPSA) is 0 Å². The summed E-state index contributed by atoms with van der Waals surface area (Å²) in [7, 11) is 0. The maximum Gasteiger partial charge on any atom is -0.00995 e. The second-order valence-corrected chi connectivity index (χ2v) is 3.87. The van der Waals surface area contributed by atoms with Gasteiger partial charge in [-0.3, -0.25) is 0 Å². The fourth-order valence-electron chi connectivity index (χ4n) is 2.33. The van der Waals surface area contributed by atoms with Crippen molar-refractivity contribution in [2.45, 2.75) is 59.8 Å². The quantitative estimate of drug-likeness (QED) is 0.507. The summed E-state index contributed by atoms with van der Waals surface area (Å²) in [6, 6.07) is 0. The van der Waals surface area contributed by atoms with E-state index >= 15 is 0 Å². The number of allylic oxidation sites excluding steroid dienone is 4. The Morgan fingerprint density at radius 3 is 2.15 bits per heavy atom. The molecule has 0 spiro atoms. The Hall–Kier alpha value is -0.520. The zero-order valence-electron chi connectivity index (χ0n) is 9.54. The van der Waals surface area contributed by atoms with Crippen LogP contribution in [0.25, 0.3) is 0 Å². The minimum absolute atomic E-state index is 1.29. The summed E-state index contributed by atoms with van der Waals surface area (Å²) < 4.78 is 0. The van der Waals surface area contributed by atoms with Gasteiger partial charge in [-0.2, -0.15) is 0 Å². The van der Waals surface area contributed by atoms with Crippen molar-refractivity contribution >= 4 is 0 Å². The lowest BCUT2D eigenvalue weighted by Gasteiger charge is -2.14. The molecule has 2 aliphatic rings. The molecule has 2 aliphatic carbocycles. The molecule has 13 heavy (non-hydrogen) atoms. The smallest absolute Gasteiger partial charge is 0.00995 e. The average molecular weight is 178 g/mol. The molecule has 0 aliphatic heterocycles. The number of rotatable bonds is 0. The van der Waals surface area contributed by atoms with Crippen molar-refractivity contribution < 1.29 is 0 Å². The fraction of sp³-hybridized carbons (Fsp3) is 0.692. The van der Waals surface area contributed by atoms with Crippen molar-refractivity contribution in [1.29, 1.82) is 0 Å². The molecule has 0 saturated carbocycles. The van der Waals surface area contributed by atoms with E-state index in [1.807, 2.05) is 13.8 Å². The Balaban J connectivity index is 0.000000396. The number of hydrogen-bond acceptors (Lipinski definition) is 0. The first kappa shape index (κ1) is 10.6. The molecule has 0 aromatic rings. The Morgan fingerprint density at radius 1 is 0.923 bits per heavy atom. The third-order valence-electron chi connectivity index (χ3n) is 3.15. The van der Waals surface area contributed by atoms with E-state index in [1.165, 1.54) is 32.1 Å². The predicted octanol–water partition coefficient (Wildman–Crippen LogP) is 4.62. The van der Waals surface area contributed by atoms with Crippen molar-refractivity contribution in [3.63, 3.8) is 0 Å². The summed E-state index contributed by atoms with van der Waals surface area (Å²) in [4.78, 5) is 0. The molecule has 0 aromatic carbocycles. The first-order valence-electron chi connectivity index (χ1n) is 5.66. The summed E-state index contributed by atoms with van der Waals surface area (Å²) in [6.45, 7) is 8.58. The van der Waals surface area contributed by atoms with Gasteiger partial charge in [0.15, 0.2) is 0 Å². The third-order valence-corrected chi connectivity index (χ3v) is 3.15. The lowest BCUT2D eigenvalue weighted by Crippen LogP contribution is -1.95. The van der Waals surface area contributed by atoms with Crippen molar-refractivity contribution in [2.75, 3.05) is 0 Å². The van der Waals surface area contributed by atoms with Crippen LogP contribution in [0.4, 0.5) is 0 Å². The molecule has 0 aromatic heterocycles. The SMILES string of the molecule is CC.CC1=C(C)C2=C(CCCC2)C1. The standard InChI is InChI=1S/C11H16.C2H6/c1-8-7-10-5-3-4-6-11(10)9(8)2;1-2/h3-7H2,1-2H3;1-2H3. The van der Waals surface area contributed by atoms with Crippen molar-refractivity contribution in [2.24, 2.45) is 0 Å². The molecule has 0 heterocycles. The summed E-state index contributed by atoms with van der Waals surface area (Å²) in [5.74, 6) is 0. The highest BCUT2D eigenvalue weighted by Gasteiger charge is 2.20. The Morgan fingerprint density at radius 2 is 1.54 bits per heavy atom. The highest BCUT2D eigenvalue weighted by atomic mass is 14.3.